The number of aliphatic hydroxyl groups is 2. The van der Waals surface area contributed by atoms with Gasteiger partial charge in [0.2, 0.25) is 5.91 Å². The van der Waals surface area contributed by atoms with Crippen LogP contribution >= 0.6 is 0 Å². The summed E-state index contributed by atoms with van der Waals surface area (Å²) in [6.07, 6.45) is 62.9. The Balaban J connectivity index is 4.64. The summed E-state index contributed by atoms with van der Waals surface area (Å²) in [7, 11) is 0. The number of amides is 1. The second kappa shape index (κ2) is 50.6. The summed E-state index contributed by atoms with van der Waals surface area (Å²) >= 11 is 0. The van der Waals surface area contributed by atoms with Gasteiger partial charge in [-0.05, 0) is 96.3 Å². The van der Waals surface area contributed by atoms with Gasteiger partial charge in [-0.2, -0.15) is 0 Å². The number of nitrogens with one attached hydrogen (secondary N) is 1. The summed E-state index contributed by atoms with van der Waals surface area (Å²) in [6.45, 7) is 6.43. The van der Waals surface area contributed by atoms with E-state index in [9.17, 15) is 19.8 Å². The van der Waals surface area contributed by atoms with Gasteiger partial charge in [0.1, 0.15) is 6.10 Å². The number of aliphatic hydroxyl groups excluding tert-OH is 2. The van der Waals surface area contributed by atoms with E-state index in [1.807, 2.05) is 0 Å². The summed E-state index contributed by atoms with van der Waals surface area (Å²) in [6, 6.07) is -0.713. The normalized spacial score (nSPS) is 13.7. The number of hydrogen-bond donors (Lipinski definition) is 3. The number of rotatable bonds is 48. The molecule has 63 heavy (non-hydrogen) atoms. The molecule has 0 aromatic carbocycles. The van der Waals surface area contributed by atoms with Crippen molar-refractivity contribution in [2.45, 2.75) is 283 Å². The van der Waals surface area contributed by atoms with E-state index in [1.165, 1.54) is 122 Å². The third-order valence-electron chi connectivity index (χ3n) is 12.1. The van der Waals surface area contributed by atoms with Crippen molar-refractivity contribution in [3.63, 3.8) is 0 Å². The number of ether oxygens (including phenoxy) is 1. The first-order valence-corrected chi connectivity index (χ1v) is 27.0. The minimum absolute atomic E-state index is 0.0533. The fourth-order valence-corrected chi connectivity index (χ4v) is 7.94. The van der Waals surface area contributed by atoms with Gasteiger partial charge in [-0.3, -0.25) is 9.59 Å². The van der Waals surface area contributed by atoms with E-state index in [4.69, 9.17) is 4.74 Å². The molecule has 6 nitrogen and oxygen atoms in total. The minimum atomic E-state index is -0.797. The molecule has 3 atom stereocenters. The van der Waals surface area contributed by atoms with Crippen molar-refractivity contribution >= 4 is 11.9 Å². The lowest BCUT2D eigenvalue weighted by Gasteiger charge is -2.24. The summed E-state index contributed by atoms with van der Waals surface area (Å²) in [5.74, 6) is -0.523. The Morgan fingerprint density at radius 3 is 1.29 bits per heavy atom. The van der Waals surface area contributed by atoms with Crippen LogP contribution in [0.25, 0.3) is 0 Å². The Bertz CT molecular complexity index is 1130. The molecule has 0 bridgehead atoms. The van der Waals surface area contributed by atoms with E-state index in [1.54, 1.807) is 0 Å². The molecule has 0 radical (unpaired) electrons. The van der Waals surface area contributed by atoms with Crippen LogP contribution in [0.1, 0.15) is 265 Å². The highest BCUT2D eigenvalue weighted by atomic mass is 16.5. The molecule has 0 saturated carbocycles. The van der Waals surface area contributed by atoms with Crippen LogP contribution in [0.5, 0.6) is 0 Å². The smallest absolute Gasteiger partial charge is 0.306 e. The van der Waals surface area contributed by atoms with Crippen molar-refractivity contribution in [2.75, 3.05) is 6.61 Å². The van der Waals surface area contributed by atoms with Crippen LogP contribution in [0.4, 0.5) is 0 Å². The van der Waals surface area contributed by atoms with Gasteiger partial charge in [-0.15, -0.1) is 0 Å². The second-order valence-corrected chi connectivity index (χ2v) is 18.3. The van der Waals surface area contributed by atoms with Gasteiger partial charge in [0.05, 0.1) is 25.2 Å². The Morgan fingerprint density at radius 1 is 0.460 bits per heavy atom. The number of allylic oxidation sites excluding steroid dienone is 10. The maximum Gasteiger partial charge on any atom is 0.306 e. The van der Waals surface area contributed by atoms with Crippen LogP contribution in [-0.4, -0.2) is 46.9 Å². The van der Waals surface area contributed by atoms with Gasteiger partial charge < -0.3 is 20.3 Å². The third-order valence-corrected chi connectivity index (χ3v) is 12.1. The average Bonchev–Trinajstić information content (AvgIpc) is 3.28. The van der Waals surface area contributed by atoms with Gasteiger partial charge in [-0.25, -0.2) is 0 Å². The molecular weight excluding hydrogens is 779 g/mol. The quantitative estimate of drug-likeness (QED) is 0.0321. The molecule has 366 valence electrons. The summed E-state index contributed by atoms with van der Waals surface area (Å²) in [4.78, 5) is 26.2. The molecule has 3 unspecified atom stereocenters. The van der Waals surface area contributed by atoms with Crippen molar-refractivity contribution < 1.29 is 24.5 Å². The monoisotopic (exact) mass is 882 g/mol. The molecule has 0 heterocycles. The van der Waals surface area contributed by atoms with Crippen molar-refractivity contribution in [1.82, 2.24) is 5.32 Å². The summed E-state index contributed by atoms with van der Waals surface area (Å²) < 4.78 is 5.92. The highest BCUT2D eigenvalue weighted by Crippen LogP contribution is 2.17. The van der Waals surface area contributed by atoms with Crippen LogP contribution in [-0.2, 0) is 14.3 Å². The molecule has 0 saturated heterocycles. The largest absolute Gasteiger partial charge is 0.462 e. The number of hydrogen-bond acceptors (Lipinski definition) is 5. The molecule has 3 N–H and O–H groups in total. The molecule has 0 aliphatic heterocycles. The lowest BCUT2D eigenvalue weighted by molar-refractivity contribution is -0.151. The minimum Gasteiger partial charge on any atom is -0.462 e. The van der Waals surface area contributed by atoms with E-state index in [0.29, 0.717) is 19.3 Å². The highest BCUT2D eigenvalue weighted by Gasteiger charge is 2.24. The first-order chi connectivity index (χ1) is 31.0. The SMILES string of the molecule is CCCCC/C=C\C/C=C\C/C=C\C/C=C\CCCCCC(=O)OC(CCCCC/C=C/CCCCCCCCCCC)CC(=O)NC(CO)C(O)CCCCCCCCCCC. The van der Waals surface area contributed by atoms with Crippen LogP contribution in [0.2, 0.25) is 0 Å². The highest BCUT2D eigenvalue weighted by molar-refractivity contribution is 5.77. The molecule has 0 rings (SSSR count). The molecule has 6 heteroatoms. The maximum absolute atomic E-state index is 13.2. The van der Waals surface area contributed by atoms with Gasteiger partial charge in [0.15, 0.2) is 0 Å². The molecule has 0 aliphatic carbocycles. The Hall–Kier alpha value is -2.44. The maximum atomic E-state index is 13.2. The molecule has 0 spiro atoms. The molecule has 0 fully saturated rings. The topological polar surface area (TPSA) is 95.9 Å². The zero-order chi connectivity index (χ0) is 45.9. The molecule has 0 aliphatic rings. The molecule has 0 aromatic rings. The van der Waals surface area contributed by atoms with Crippen LogP contribution < -0.4 is 5.32 Å². The Kier molecular flexibility index (Phi) is 48.6. The average molecular weight is 882 g/mol. The fraction of sp³-hybridized carbons (Fsp3) is 0.789. The van der Waals surface area contributed by atoms with Crippen molar-refractivity contribution in [1.29, 1.82) is 0 Å². The fourth-order valence-electron chi connectivity index (χ4n) is 7.94. The summed E-state index contributed by atoms with van der Waals surface area (Å²) in [5, 5.41) is 23.7. The van der Waals surface area contributed by atoms with Gasteiger partial charge in [0.25, 0.3) is 0 Å². The molecular formula is C57H103NO5. The number of esters is 1. The lowest BCUT2D eigenvalue weighted by Crippen LogP contribution is -2.46. The van der Waals surface area contributed by atoms with Crippen LogP contribution in [0, 0.1) is 0 Å². The predicted octanol–water partition coefficient (Wildman–Crippen LogP) is 16.4. The van der Waals surface area contributed by atoms with E-state index in [2.05, 4.69) is 86.8 Å². The first kappa shape index (κ1) is 60.6. The Labute approximate surface area is 390 Å². The number of carbonyl (C=O) groups excluding carboxylic acids is 2. The zero-order valence-corrected chi connectivity index (χ0v) is 41.7. The Morgan fingerprint density at radius 2 is 0.810 bits per heavy atom. The van der Waals surface area contributed by atoms with Crippen LogP contribution in [0.3, 0.4) is 0 Å². The van der Waals surface area contributed by atoms with E-state index in [0.717, 1.165) is 96.3 Å². The van der Waals surface area contributed by atoms with Crippen molar-refractivity contribution in [3.05, 3.63) is 60.8 Å². The van der Waals surface area contributed by atoms with E-state index >= 15 is 0 Å². The summed E-state index contributed by atoms with van der Waals surface area (Å²) in [5.41, 5.74) is 0. The van der Waals surface area contributed by atoms with Gasteiger partial charge in [-0.1, -0.05) is 216 Å². The zero-order valence-electron chi connectivity index (χ0n) is 41.7. The van der Waals surface area contributed by atoms with Crippen molar-refractivity contribution in [2.24, 2.45) is 0 Å². The van der Waals surface area contributed by atoms with E-state index < -0.39 is 18.2 Å². The van der Waals surface area contributed by atoms with Crippen molar-refractivity contribution in [3.8, 4) is 0 Å². The number of carbonyl (C=O) groups is 2. The van der Waals surface area contributed by atoms with Gasteiger partial charge in [0, 0.05) is 6.42 Å². The van der Waals surface area contributed by atoms with E-state index in [-0.39, 0.29) is 24.9 Å². The lowest BCUT2D eigenvalue weighted by atomic mass is 10.0. The first-order valence-electron chi connectivity index (χ1n) is 27.0. The predicted molar refractivity (Wildman–Crippen MR) is 273 cm³/mol. The van der Waals surface area contributed by atoms with Gasteiger partial charge >= 0.3 is 5.97 Å². The second-order valence-electron chi connectivity index (χ2n) is 18.3. The molecule has 1 amide bonds. The molecule has 0 aromatic heterocycles. The number of unbranched alkanes of at least 4 members (excludes halogenated alkanes) is 26. The van der Waals surface area contributed by atoms with Crippen LogP contribution in [0.15, 0.2) is 60.8 Å². The third kappa shape index (κ3) is 45.9. The standard InChI is InChI=1S/C57H103NO5/c1-4-7-10-13-16-19-21-23-25-27-28-29-31-33-35-38-41-44-47-50-57(62)63-53(48-45-42-39-37-34-32-30-26-24-22-20-17-14-11-8-5-2)51-56(61)58-54(52-59)55(60)49-46-43-40-36-18-15-12-9-6-3/h16,19,23,25,28-29,32-35,53-55,59-60H,4-15,17-18,20-22,24,26-27,30-31,36-52H2,1-3H3,(H,58,61)/b19-16-,25-23-,29-28-,34-32+,35-33-.